The summed E-state index contributed by atoms with van der Waals surface area (Å²) in [5.41, 5.74) is -2.60. The molecule has 12 heteroatoms. The Morgan fingerprint density at radius 3 is 2.06 bits per heavy atom. The van der Waals surface area contributed by atoms with Gasteiger partial charge < -0.3 is 9.64 Å². The zero-order valence-electron chi connectivity index (χ0n) is 17.6. The first-order valence-corrected chi connectivity index (χ1v) is 10.0. The predicted octanol–water partition coefficient (Wildman–Crippen LogP) is 4.73. The maximum absolute atomic E-state index is 13.1. The van der Waals surface area contributed by atoms with E-state index in [1.807, 2.05) is 0 Å². The summed E-state index contributed by atoms with van der Waals surface area (Å²) in [7, 11) is 0. The molecule has 4 rings (SSSR count). The Bertz CT molecular complexity index is 1140. The molecule has 0 N–H and O–H groups in total. The third-order valence-corrected chi connectivity index (χ3v) is 5.89. The number of amides is 1. The Balaban J connectivity index is 1.66. The number of benzene rings is 2. The van der Waals surface area contributed by atoms with E-state index in [0.717, 1.165) is 36.4 Å². The minimum Gasteiger partial charge on any atom is -0.346 e. The van der Waals surface area contributed by atoms with Crippen molar-refractivity contribution in [1.29, 1.82) is 0 Å². The summed E-state index contributed by atoms with van der Waals surface area (Å²) >= 11 is 0. The van der Waals surface area contributed by atoms with E-state index < -0.39 is 41.0 Å². The van der Waals surface area contributed by atoms with Crippen LogP contribution in [-0.2, 0) is 29.2 Å². The molecule has 180 valence electrons. The molecule has 1 aromatic heterocycles. The van der Waals surface area contributed by atoms with Gasteiger partial charge >= 0.3 is 12.4 Å². The van der Waals surface area contributed by atoms with Gasteiger partial charge in [-0.3, -0.25) is 4.79 Å². The first-order valence-electron chi connectivity index (χ1n) is 10.0. The molecule has 2 aromatic carbocycles. The normalized spacial score (nSPS) is 21.1. The van der Waals surface area contributed by atoms with E-state index in [9.17, 15) is 31.1 Å². The zero-order valence-corrected chi connectivity index (χ0v) is 17.6. The number of halogens is 6. The van der Waals surface area contributed by atoms with Crippen molar-refractivity contribution in [1.82, 2.24) is 19.7 Å². The second kappa shape index (κ2) is 8.42. The number of hydrogen-bond acceptors (Lipinski definition) is 4. The lowest BCUT2D eigenvalue weighted by Gasteiger charge is -2.34. The molecule has 1 aliphatic heterocycles. The predicted molar refractivity (Wildman–Crippen MR) is 106 cm³/mol. The average Bonchev–Trinajstić information content (AvgIpc) is 3.41. The number of ether oxygens (including phenoxy) is 1. The highest BCUT2D eigenvalue weighted by molar-refractivity contribution is 5.94. The number of rotatable bonds is 4. The summed E-state index contributed by atoms with van der Waals surface area (Å²) in [6.07, 6.45) is -6.38. The SMILES string of the molecule is C[C@H]1N(C(=O)c2ccc(C(F)(F)F)cc2)CO[C@@]1(Cn1cncn1)c1ccc(C(F)(F)F)cc1. The van der Waals surface area contributed by atoms with Gasteiger partial charge in [0.05, 0.1) is 23.7 Å². The van der Waals surface area contributed by atoms with E-state index in [2.05, 4.69) is 10.1 Å². The van der Waals surface area contributed by atoms with Gasteiger partial charge in [0.15, 0.2) is 0 Å². The van der Waals surface area contributed by atoms with Gasteiger partial charge in [-0.05, 0) is 48.9 Å². The summed E-state index contributed by atoms with van der Waals surface area (Å²) in [4.78, 5) is 18.3. The molecule has 0 aliphatic carbocycles. The Morgan fingerprint density at radius 1 is 1.00 bits per heavy atom. The van der Waals surface area contributed by atoms with E-state index in [1.165, 1.54) is 34.4 Å². The monoisotopic (exact) mass is 484 g/mol. The van der Waals surface area contributed by atoms with Gasteiger partial charge in [-0.1, -0.05) is 12.1 Å². The highest BCUT2D eigenvalue weighted by Crippen LogP contribution is 2.41. The maximum Gasteiger partial charge on any atom is 0.416 e. The van der Waals surface area contributed by atoms with Crippen LogP contribution in [0.1, 0.15) is 34.0 Å². The van der Waals surface area contributed by atoms with Crippen LogP contribution in [0, 0.1) is 0 Å². The Morgan fingerprint density at radius 2 is 1.56 bits per heavy atom. The molecular formula is C22H18F6N4O2. The average molecular weight is 484 g/mol. The fourth-order valence-corrected chi connectivity index (χ4v) is 3.96. The molecule has 2 heterocycles. The summed E-state index contributed by atoms with van der Waals surface area (Å²) in [6.45, 7) is 1.47. The Labute approximate surface area is 189 Å². The molecule has 0 radical (unpaired) electrons. The summed E-state index contributed by atoms with van der Waals surface area (Å²) in [5, 5.41) is 4.04. The van der Waals surface area contributed by atoms with Crippen molar-refractivity contribution in [3.05, 3.63) is 83.4 Å². The molecule has 0 bridgehead atoms. The van der Waals surface area contributed by atoms with E-state index >= 15 is 0 Å². The molecule has 1 saturated heterocycles. The van der Waals surface area contributed by atoms with E-state index in [0.29, 0.717) is 5.56 Å². The number of hydrogen-bond donors (Lipinski definition) is 0. The molecule has 1 amide bonds. The minimum atomic E-state index is -4.54. The van der Waals surface area contributed by atoms with Gasteiger partial charge in [-0.2, -0.15) is 31.4 Å². The Hall–Kier alpha value is -3.41. The largest absolute Gasteiger partial charge is 0.416 e. The number of aromatic nitrogens is 3. The van der Waals surface area contributed by atoms with Gasteiger partial charge in [-0.15, -0.1) is 0 Å². The molecule has 6 nitrogen and oxygen atoms in total. The fraction of sp³-hybridized carbons (Fsp3) is 0.318. The lowest BCUT2D eigenvalue weighted by Crippen LogP contribution is -2.46. The van der Waals surface area contributed by atoms with Gasteiger partial charge in [-0.25, -0.2) is 9.67 Å². The van der Waals surface area contributed by atoms with E-state index in [1.54, 1.807) is 6.92 Å². The van der Waals surface area contributed by atoms with Crippen LogP contribution in [0.15, 0.2) is 61.2 Å². The number of alkyl halides is 6. The summed E-state index contributed by atoms with van der Waals surface area (Å²) in [5.74, 6) is -0.575. The lowest BCUT2D eigenvalue weighted by molar-refractivity contribution is -0.138. The van der Waals surface area contributed by atoms with Crippen LogP contribution in [0.25, 0.3) is 0 Å². The van der Waals surface area contributed by atoms with Gasteiger partial charge in [0.2, 0.25) is 0 Å². The summed E-state index contributed by atoms with van der Waals surface area (Å²) < 4.78 is 85.2. The van der Waals surface area contributed by atoms with Crippen molar-refractivity contribution in [2.75, 3.05) is 6.73 Å². The van der Waals surface area contributed by atoms with E-state index in [4.69, 9.17) is 4.74 Å². The quantitative estimate of drug-likeness (QED) is 0.503. The molecule has 1 aliphatic rings. The molecule has 0 unspecified atom stereocenters. The fourth-order valence-electron chi connectivity index (χ4n) is 3.96. The second-order valence-corrected chi connectivity index (χ2v) is 7.86. The second-order valence-electron chi connectivity index (χ2n) is 7.86. The van der Waals surface area contributed by atoms with Crippen LogP contribution in [0.5, 0.6) is 0 Å². The van der Waals surface area contributed by atoms with Gasteiger partial charge in [0.1, 0.15) is 25.0 Å². The van der Waals surface area contributed by atoms with Crippen molar-refractivity contribution in [2.24, 2.45) is 0 Å². The van der Waals surface area contributed by atoms with Crippen molar-refractivity contribution in [2.45, 2.75) is 37.5 Å². The van der Waals surface area contributed by atoms with Crippen LogP contribution >= 0.6 is 0 Å². The molecule has 34 heavy (non-hydrogen) atoms. The smallest absolute Gasteiger partial charge is 0.346 e. The molecule has 1 fully saturated rings. The third-order valence-electron chi connectivity index (χ3n) is 5.89. The van der Waals surface area contributed by atoms with Gasteiger partial charge in [0, 0.05) is 5.56 Å². The molecule has 0 saturated carbocycles. The van der Waals surface area contributed by atoms with Crippen LogP contribution in [0.4, 0.5) is 26.3 Å². The number of carbonyl (C=O) groups excluding carboxylic acids is 1. The number of carbonyl (C=O) groups is 1. The topological polar surface area (TPSA) is 60.2 Å². The third kappa shape index (κ3) is 4.37. The van der Waals surface area contributed by atoms with Crippen molar-refractivity contribution in [3.63, 3.8) is 0 Å². The first kappa shape index (κ1) is 23.7. The van der Waals surface area contributed by atoms with Crippen molar-refractivity contribution < 1.29 is 35.9 Å². The van der Waals surface area contributed by atoms with Gasteiger partial charge in [0.25, 0.3) is 5.91 Å². The molecule has 2 atom stereocenters. The molecule has 0 spiro atoms. The summed E-state index contributed by atoms with van der Waals surface area (Å²) in [6, 6.07) is 7.49. The highest BCUT2D eigenvalue weighted by atomic mass is 19.4. The minimum absolute atomic E-state index is 0.0208. The first-order chi connectivity index (χ1) is 15.9. The van der Waals surface area contributed by atoms with E-state index in [-0.39, 0.29) is 18.8 Å². The lowest BCUT2D eigenvalue weighted by atomic mass is 9.86. The standard InChI is InChI=1S/C22H18F6N4O2/c1-14-20(10-31-12-29-11-30-31,16-6-8-18(9-7-16)22(26,27)28)34-13-32(14)19(33)15-2-4-17(5-3-15)21(23,24)25/h2-9,11-12,14H,10,13H2,1H3/t14-,20-/m1/s1. The zero-order chi connectivity index (χ0) is 24.7. The number of nitrogens with zero attached hydrogens (tertiary/aromatic N) is 4. The molecule has 3 aromatic rings. The van der Waals surface area contributed by atoms with Crippen LogP contribution in [-0.4, -0.2) is 38.3 Å². The van der Waals surface area contributed by atoms with Crippen molar-refractivity contribution in [3.8, 4) is 0 Å². The van der Waals surface area contributed by atoms with Crippen LogP contribution in [0.2, 0.25) is 0 Å². The Kier molecular flexibility index (Phi) is 5.88. The van der Waals surface area contributed by atoms with Crippen LogP contribution in [0.3, 0.4) is 0 Å². The van der Waals surface area contributed by atoms with Crippen molar-refractivity contribution >= 4 is 5.91 Å². The maximum atomic E-state index is 13.1. The highest BCUT2D eigenvalue weighted by Gasteiger charge is 2.50. The van der Waals surface area contributed by atoms with Crippen LogP contribution < -0.4 is 0 Å². The molecular weight excluding hydrogens is 466 g/mol.